The van der Waals surface area contributed by atoms with E-state index in [2.05, 4.69) is 4.98 Å². The summed E-state index contributed by atoms with van der Waals surface area (Å²) in [4.78, 5) is 4.67. The van der Waals surface area contributed by atoms with Crippen molar-refractivity contribution in [3.63, 3.8) is 0 Å². The summed E-state index contributed by atoms with van der Waals surface area (Å²) in [5.41, 5.74) is 8.31. The van der Waals surface area contributed by atoms with E-state index in [9.17, 15) is 5.11 Å². The molecule has 28 heavy (non-hydrogen) atoms. The molecule has 2 heterocycles. The van der Waals surface area contributed by atoms with Gasteiger partial charge in [-0.05, 0) is 37.1 Å². The highest BCUT2D eigenvalue weighted by Crippen LogP contribution is 2.46. The number of hydrogen-bond donors (Lipinski definition) is 2. The largest absolute Gasteiger partial charge is 0.496 e. The van der Waals surface area contributed by atoms with Gasteiger partial charge in [0.15, 0.2) is 0 Å². The van der Waals surface area contributed by atoms with Gasteiger partial charge in [-0.3, -0.25) is 0 Å². The third-order valence-corrected chi connectivity index (χ3v) is 5.61. The van der Waals surface area contributed by atoms with E-state index in [1.807, 2.05) is 0 Å². The summed E-state index contributed by atoms with van der Waals surface area (Å²) in [7, 11) is 1.51. The zero-order chi connectivity index (χ0) is 19.6. The zero-order valence-corrected chi connectivity index (χ0v) is 15.8. The van der Waals surface area contributed by atoms with Crippen LogP contribution < -0.4 is 10.5 Å². The molecule has 4 aromatic rings. The minimum Gasteiger partial charge on any atom is -0.496 e. The van der Waals surface area contributed by atoms with Crippen molar-refractivity contribution in [3.8, 4) is 22.8 Å². The summed E-state index contributed by atoms with van der Waals surface area (Å²) in [6, 6.07) is 8.30. The van der Waals surface area contributed by atoms with E-state index in [0.717, 1.165) is 12.8 Å². The van der Waals surface area contributed by atoms with Crippen molar-refractivity contribution in [3.05, 3.63) is 47.4 Å². The van der Waals surface area contributed by atoms with Gasteiger partial charge in [0.2, 0.25) is 5.88 Å². The highest BCUT2D eigenvalue weighted by Gasteiger charge is 2.29. The molecule has 1 aliphatic carbocycles. The van der Waals surface area contributed by atoms with E-state index in [4.69, 9.17) is 22.1 Å². The zero-order valence-electron chi connectivity index (χ0n) is 15.0. The Balaban J connectivity index is 1.91. The van der Waals surface area contributed by atoms with E-state index in [0.29, 0.717) is 43.8 Å². The van der Waals surface area contributed by atoms with E-state index < -0.39 is 5.82 Å². The Morgan fingerprint density at radius 3 is 2.75 bits per heavy atom. The van der Waals surface area contributed by atoms with Crippen LogP contribution in [0.4, 0.5) is 10.1 Å². The molecule has 0 spiro atoms. The molecule has 1 saturated carbocycles. The second-order valence-electron chi connectivity index (χ2n) is 7.01. The van der Waals surface area contributed by atoms with Crippen LogP contribution in [-0.2, 0) is 0 Å². The van der Waals surface area contributed by atoms with Gasteiger partial charge in [-0.15, -0.1) is 0 Å². The number of hydrogen-bond acceptors (Lipinski definition) is 4. The maximum atomic E-state index is 15.0. The third-order valence-electron chi connectivity index (χ3n) is 5.29. The summed E-state index contributed by atoms with van der Waals surface area (Å²) in [5.74, 6) is 0.0689. The van der Waals surface area contributed by atoms with Crippen molar-refractivity contribution in [2.45, 2.75) is 18.9 Å². The molecule has 1 fully saturated rings. The molecule has 0 saturated heterocycles. The first kappa shape index (κ1) is 17.1. The molecule has 0 amide bonds. The Labute approximate surface area is 165 Å². The first-order valence-corrected chi connectivity index (χ1v) is 9.33. The van der Waals surface area contributed by atoms with Crippen LogP contribution >= 0.6 is 11.6 Å². The fourth-order valence-electron chi connectivity index (χ4n) is 3.79. The molecule has 142 valence electrons. The first-order chi connectivity index (χ1) is 13.5. The number of anilines is 1. The van der Waals surface area contributed by atoms with Crippen LogP contribution in [0.2, 0.25) is 5.02 Å². The standard InChI is InChI=1S/C21H17ClFN3O2/c1-28-15-4-2-3-12(22)16(15)17-13(23)8-7-11-19(24)18-14(25-20(11)17)9-26(21(18)27)10-5-6-10/h2-4,7-10,27H,5-6,24H2,1H3. The lowest BCUT2D eigenvalue weighted by Crippen LogP contribution is -1.97. The number of benzene rings is 2. The Morgan fingerprint density at radius 1 is 1.25 bits per heavy atom. The molecule has 0 radical (unpaired) electrons. The molecule has 0 atom stereocenters. The number of nitrogens with zero attached hydrogens (tertiary/aromatic N) is 2. The van der Waals surface area contributed by atoms with Crippen LogP contribution in [-0.4, -0.2) is 21.8 Å². The summed E-state index contributed by atoms with van der Waals surface area (Å²) < 4.78 is 22.2. The summed E-state index contributed by atoms with van der Waals surface area (Å²) in [6.45, 7) is 0. The predicted molar refractivity (Wildman–Crippen MR) is 109 cm³/mol. The van der Waals surface area contributed by atoms with Crippen LogP contribution in [0.5, 0.6) is 11.6 Å². The number of aromatic hydroxyl groups is 1. The first-order valence-electron chi connectivity index (χ1n) is 8.95. The number of nitrogens with two attached hydrogens (primary N) is 1. The lowest BCUT2D eigenvalue weighted by molar-refractivity contribution is 0.416. The van der Waals surface area contributed by atoms with Crippen molar-refractivity contribution in [2.75, 3.05) is 12.8 Å². The van der Waals surface area contributed by atoms with Gasteiger partial charge in [-0.2, -0.15) is 0 Å². The molecule has 0 bridgehead atoms. The molecule has 2 aromatic carbocycles. The Hall–Kier alpha value is -2.99. The van der Waals surface area contributed by atoms with Gasteiger partial charge in [0.05, 0.1) is 34.2 Å². The molecule has 2 aromatic heterocycles. The molecule has 3 N–H and O–H groups in total. The average Bonchev–Trinajstić information content (AvgIpc) is 3.46. The fourth-order valence-corrected chi connectivity index (χ4v) is 4.05. The van der Waals surface area contributed by atoms with Crippen molar-refractivity contribution >= 4 is 39.1 Å². The van der Waals surface area contributed by atoms with Crippen LogP contribution in [0.25, 0.3) is 32.9 Å². The van der Waals surface area contributed by atoms with Gasteiger partial charge >= 0.3 is 0 Å². The minimum atomic E-state index is -0.476. The second kappa shape index (κ2) is 6.01. The molecule has 0 unspecified atom stereocenters. The van der Waals surface area contributed by atoms with Crippen LogP contribution in [0.3, 0.4) is 0 Å². The normalized spacial score (nSPS) is 14.1. The molecule has 5 rings (SSSR count). The van der Waals surface area contributed by atoms with Gasteiger partial charge in [0.1, 0.15) is 11.6 Å². The van der Waals surface area contributed by atoms with Crippen LogP contribution in [0.1, 0.15) is 18.9 Å². The number of nitrogen functional groups attached to an aromatic ring is 1. The van der Waals surface area contributed by atoms with Crippen molar-refractivity contribution < 1.29 is 14.2 Å². The summed E-state index contributed by atoms with van der Waals surface area (Å²) in [6.07, 6.45) is 3.78. The van der Waals surface area contributed by atoms with Crippen molar-refractivity contribution in [1.29, 1.82) is 0 Å². The topological polar surface area (TPSA) is 73.3 Å². The number of halogens is 2. The number of methoxy groups -OCH3 is 1. The van der Waals surface area contributed by atoms with Crippen LogP contribution in [0, 0.1) is 5.82 Å². The van der Waals surface area contributed by atoms with Gasteiger partial charge in [-0.25, -0.2) is 9.37 Å². The lowest BCUT2D eigenvalue weighted by atomic mass is 9.98. The molecule has 1 aliphatic rings. The van der Waals surface area contributed by atoms with Crippen molar-refractivity contribution in [1.82, 2.24) is 9.55 Å². The highest BCUT2D eigenvalue weighted by molar-refractivity contribution is 6.34. The van der Waals surface area contributed by atoms with Gasteiger partial charge in [0, 0.05) is 28.8 Å². The third kappa shape index (κ3) is 2.34. The lowest BCUT2D eigenvalue weighted by Gasteiger charge is -2.14. The Kier molecular flexibility index (Phi) is 3.67. The fraction of sp³-hybridized carbons (Fsp3) is 0.190. The monoisotopic (exact) mass is 397 g/mol. The summed E-state index contributed by atoms with van der Waals surface area (Å²) in [5, 5.41) is 12.0. The van der Waals surface area contributed by atoms with Gasteiger partial charge in [-0.1, -0.05) is 17.7 Å². The SMILES string of the molecule is COc1cccc(Cl)c1-c1c(F)ccc2c(N)c3c(O)n(C4CC4)cc3nc12. The number of pyridine rings is 1. The Morgan fingerprint density at radius 2 is 2.04 bits per heavy atom. The van der Waals surface area contributed by atoms with E-state index in [1.54, 1.807) is 35.0 Å². The molecular formula is C21H17ClFN3O2. The number of ether oxygens (including phenoxy) is 1. The smallest absolute Gasteiger partial charge is 0.203 e. The number of fused-ring (bicyclic) bond motifs is 2. The number of rotatable bonds is 3. The quantitative estimate of drug-likeness (QED) is 0.493. The highest BCUT2D eigenvalue weighted by atomic mass is 35.5. The maximum absolute atomic E-state index is 15.0. The van der Waals surface area contributed by atoms with Crippen molar-refractivity contribution in [2.24, 2.45) is 0 Å². The van der Waals surface area contributed by atoms with E-state index in [1.165, 1.54) is 13.2 Å². The second-order valence-corrected chi connectivity index (χ2v) is 7.42. The molecule has 5 nitrogen and oxygen atoms in total. The Bertz CT molecular complexity index is 1260. The predicted octanol–water partition coefficient (Wildman–Crippen LogP) is 5.28. The molecule has 0 aliphatic heterocycles. The van der Waals surface area contributed by atoms with Gasteiger partial charge in [0.25, 0.3) is 0 Å². The van der Waals surface area contributed by atoms with E-state index >= 15 is 4.39 Å². The summed E-state index contributed by atoms with van der Waals surface area (Å²) >= 11 is 6.40. The maximum Gasteiger partial charge on any atom is 0.203 e. The molecular weight excluding hydrogens is 381 g/mol. The van der Waals surface area contributed by atoms with E-state index in [-0.39, 0.29) is 17.5 Å². The van der Waals surface area contributed by atoms with Crippen LogP contribution in [0.15, 0.2) is 36.5 Å². The van der Waals surface area contributed by atoms with Gasteiger partial charge < -0.3 is 20.1 Å². The minimum absolute atomic E-state index is 0.102. The average molecular weight is 398 g/mol. The number of aromatic nitrogens is 2. The molecule has 7 heteroatoms.